The molecule has 3 rings (SSSR count). The third-order valence-corrected chi connectivity index (χ3v) is 3.76. The van der Waals surface area contributed by atoms with Crippen molar-refractivity contribution in [1.82, 2.24) is 25.1 Å². The zero-order valence-corrected chi connectivity index (χ0v) is 14.4. The number of carbonyl (C=O) groups is 1. The third-order valence-electron chi connectivity index (χ3n) is 3.76. The molecule has 2 amide bonds. The lowest BCUT2D eigenvalue weighted by Gasteiger charge is -2.15. The van der Waals surface area contributed by atoms with Gasteiger partial charge in [-0.2, -0.15) is 5.10 Å². The van der Waals surface area contributed by atoms with Crippen LogP contribution in [0.4, 0.5) is 10.6 Å². The molecule has 0 aliphatic heterocycles. The lowest BCUT2D eigenvalue weighted by atomic mass is 10.1. The van der Waals surface area contributed by atoms with Crippen molar-refractivity contribution >= 4 is 11.8 Å². The Morgan fingerprint density at radius 1 is 1.16 bits per heavy atom. The first-order valence-corrected chi connectivity index (χ1v) is 7.99. The summed E-state index contributed by atoms with van der Waals surface area (Å²) in [4.78, 5) is 20.4. The van der Waals surface area contributed by atoms with E-state index in [9.17, 15) is 4.79 Å². The van der Waals surface area contributed by atoms with Crippen LogP contribution in [0.1, 0.15) is 29.8 Å². The SMILES string of the molecule is Cc1cc(C)nc(NC(=O)N[C@H](C)c2ccc(-n3cncn3)cc2)c1. The molecule has 128 valence electrons. The molecule has 0 unspecified atom stereocenters. The summed E-state index contributed by atoms with van der Waals surface area (Å²) in [5.74, 6) is 0.545. The molecule has 25 heavy (non-hydrogen) atoms. The number of amides is 2. The smallest absolute Gasteiger partial charge is 0.320 e. The maximum absolute atomic E-state index is 12.2. The Morgan fingerprint density at radius 2 is 1.92 bits per heavy atom. The quantitative estimate of drug-likeness (QED) is 0.766. The number of rotatable bonds is 4. The standard InChI is InChI=1S/C18H20N6O/c1-12-8-13(2)21-17(9-12)23-18(25)22-14(3)15-4-6-16(7-5-15)24-11-19-10-20-24/h4-11,14H,1-3H3,(H2,21,22,23,25)/t14-/m1/s1. The molecule has 1 aromatic carbocycles. The van der Waals surface area contributed by atoms with E-state index in [1.165, 1.54) is 6.33 Å². The maximum atomic E-state index is 12.2. The summed E-state index contributed by atoms with van der Waals surface area (Å²) in [7, 11) is 0. The second kappa shape index (κ2) is 7.12. The van der Waals surface area contributed by atoms with Crippen LogP contribution < -0.4 is 10.6 Å². The molecule has 0 aliphatic rings. The third kappa shape index (κ3) is 4.20. The minimum atomic E-state index is -0.287. The van der Waals surface area contributed by atoms with Crippen LogP contribution in [0.3, 0.4) is 0 Å². The average Bonchev–Trinajstić information content (AvgIpc) is 3.08. The number of aromatic nitrogens is 4. The van der Waals surface area contributed by atoms with E-state index in [4.69, 9.17) is 0 Å². The predicted octanol–water partition coefficient (Wildman–Crippen LogP) is 3.16. The van der Waals surface area contributed by atoms with Gasteiger partial charge in [-0.05, 0) is 56.2 Å². The Hall–Kier alpha value is -3.22. The first-order valence-electron chi connectivity index (χ1n) is 7.99. The molecule has 7 nitrogen and oxygen atoms in total. The van der Waals surface area contributed by atoms with Gasteiger partial charge in [-0.3, -0.25) is 5.32 Å². The Labute approximate surface area is 146 Å². The van der Waals surface area contributed by atoms with Crippen molar-refractivity contribution in [3.8, 4) is 5.69 Å². The number of hydrogen-bond acceptors (Lipinski definition) is 4. The van der Waals surface area contributed by atoms with Crippen molar-refractivity contribution in [2.24, 2.45) is 0 Å². The van der Waals surface area contributed by atoms with Gasteiger partial charge in [-0.15, -0.1) is 0 Å². The van der Waals surface area contributed by atoms with Crippen molar-refractivity contribution in [3.05, 3.63) is 65.9 Å². The Bertz CT molecular complexity index is 838. The molecule has 1 atom stereocenters. The zero-order valence-electron chi connectivity index (χ0n) is 14.4. The van der Waals surface area contributed by atoms with Gasteiger partial charge in [-0.1, -0.05) is 12.1 Å². The second-order valence-electron chi connectivity index (χ2n) is 5.92. The highest BCUT2D eigenvalue weighted by Gasteiger charge is 2.11. The van der Waals surface area contributed by atoms with Crippen molar-refractivity contribution < 1.29 is 4.79 Å². The number of nitrogens with zero attached hydrogens (tertiary/aromatic N) is 4. The van der Waals surface area contributed by atoms with Crippen LogP contribution in [0.2, 0.25) is 0 Å². The number of carbonyl (C=O) groups excluding carboxylic acids is 1. The number of nitrogens with one attached hydrogen (secondary N) is 2. The topological polar surface area (TPSA) is 84.7 Å². The molecule has 0 aliphatic carbocycles. The summed E-state index contributed by atoms with van der Waals surface area (Å²) in [6.07, 6.45) is 3.13. The van der Waals surface area contributed by atoms with Gasteiger partial charge in [0.05, 0.1) is 11.7 Å². The summed E-state index contributed by atoms with van der Waals surface area (Å²) in [5.41, 5.74) is 3.83. The minimum Gasteiger partial charge on any atom is -0.331 e. The Morgan fingerprint density at radius 3 is 2.56 bits per heavy atom. The molecular formula is C18H20N6O. The molecule has 0 spiro atoms. The second-order valence-corrected chi connectivity index (χ2v) is 5.92. The molecule has 0 bridgehead atoms. The largest absolute Gasteiger partial charge is 0.331 e. The molecular weight excluding hydrogens is 316 g/mol. The van der Waals surface area contributed by atoms with Crippen molar-refractivity contribution in [1.29, 1.82) is 0 Å². The van der Waals surface area contributed by atoms with Crippen LogP contribution >= 0.6 is 0 Å². The number of pyridine rings is 1. The molecule has 2 heterocycles. The van der Waals surface area contributed by atoms with E-state index in [-0.39, 0.29) is 12.1 Å². The van der Waals surface area contributed by atoms with Gasteiger partial charge in [0.25, 0.3) is 0 Å². The lowest BCUT2D eigenvalue weighted by Crippen LogP contribution is -2.31. The molecule has 2 aromatic heterocycles. The summed E-state index contributed by atoms with van der Waals surface area (Å²) in [5, 5.41) is 9.78. The first-order chi connectivity index (χ1) is 12.0. The van der Waals surface area contributed by atoms with Crippen molar-refractivity contribution in [2.75, 3.05) is 5.32 Å². The fraction of sp³-hybridized carbons (Fsp3) is 0.222. The number of urea groups is 1. The van der Waals surface area contributed by atoms with Gasteiger partial charge in [0.15, 0.2) is 0 Å². The maximum Gasteiger partial charge on any atom is 0.320 e. The summed E-state index contributed by atoms with van der Waals surface area (Å²) < 4.78 is 1.68. The van der Waals surface area contributed by atoms with E-state index in [1.54, 1.807) is 11.0 Å². The summed E-state index contributed by atoms with van der Waals surface area (Å²) in [6, 6.07) is 11.2. The van der Waals surface area contributed by atoms with Gasteiger partial charge >= 0.3 is 6.03 Å². The van der Waals surface area contributed by atoms with Crippen molar-refractivity contribution in [3.63, 3.8) is 0 Å². The van der Waals surface area contributed by atoms with E-state index < -0.39 is 0 Å². The molecule has 0 fully saturated rings. The average molecular weight is 336 g/mol. The van der Waals surface area contributed by atoms with Crippen LogP contribution in [0, 0.1) is 13.8 Å². The van der Waals surface area contributed by atoms with E-state index in [2.05, 4.69) is 25.7 Å². The highest BCUT2D eigenvalue weighted by molar-refractivity contribution is 5.88. The fourth-order valence-corrected chi connectivity index (χ4v) is 2.60. The highest BCUT2D eigenvalue weighted by Crippen LogP contribution is 2.16. The summed E-state index contributed by atoms with van der Waals surface area (Å²) in [6.45, 7) is 5.80. The normalized spacial score (nSPS) is 11.8. The predicted molar refractivity (Wildman–Crippen MR) is 95.6 cm³/mol. The van der Waals surface area contributed by atoms with E-state index in [0.717, 1.165) is 22.5 Å². The monoisotopic (exact) mass is 336 g/mol. The van der Waals surface area contributed by atoms with Crippen molar-refractivity contribution in [2.45, 2.75) is 26.8 Å². The molecule has 3 aromatic rings. The van der Waals surface area contributed by atoms with Gasteiger partial charge in [0, 0.05) is 5.69 Å². The molecule has 0 radical (unpaired) electrons. The minimum absolute atomic E-state index is 0.143. The fourth-order valence-electron chi connectivity index (χ4n) is 2.60. The summed E-state index contributed by atoms with van der Waals surface area (Å²) >= 11 is 0. The molecule has 7 heteroatoms. The lowest BCUT2D eigenvalue weighted by molar-refractivity contribution is 0.249. The number of aryl methyl sites for hydroxylation is 2. The van der Waals surface area contributed by atoms with Gasteiger partial charge in [0.1, 0.15) is 18.5 Å². The molecule has 0 saturated carbocycles. The number of hydrogen-bond donors (Lipinski definition) is 2. The van der Waals surface area contributed by atoms with Crippen LogP contribution in [0.25, 0.3) is 5.69 Å². The molecule has 0 saturated heterocycles. The highest BCUT2D eigenvalue weighted by atomic mass is 16.2. The first kappa shape index (κ1) is 16.6. The van der Waals surface area contributed by atoms with E-state index in [1.807, 2.05) is 57.2 Å². The number of anilines is 1. The van der Waals surface area contributed by atoms with Gasteiger partial charge < -0.3 is 5.32 Å². The van der Waals surface area contributed by atoms with Crippen LogP contribution in [0.5, 0.6) is 0 Å². The van der Waals surface area contributed by atoms with Gasteiger partial charge in [0.2, 0.25) is 0 Å². The molecule has 2 N–H and O–H groups in total. The zero-order chi connectivity index (χ0) is 17.8. The Kier molecular flexibility index (Phi) is 4.74. The van der Waals surface area contributed by atoms with Gasteiger partial charge in [-0.25, -0.2) is 19.4 Å². The van der Waals surface area contributed by atoms with Crippen LogP contribution in [-0.2, 0) is 0 Å². The van der Waals surface area contributed by atoms with Crippen LogP contribution in [0.15, 0.2) is 49.1 Å². The van der Waals surface area contributed by atoms with E-state index in [0.29, 0.717) is 5.82 Å². The number of benzene rings is 1. The Balaban J connectivity index is 1.63. The van der Waals surface area contributed by atoms with Crippen LogP contribution in [-0.4, -0.2) is 25.8 Å². The van der Waals surface area contributed by atoms with E-state index >= 15 is 0 Å².